The predicted molar refractivity (Wildman–Crippen MR) is 71.2 cm³/mol. The summed E-state index contributed by atoms with van der Waals surface area (Å²) in [5.74, 6) is -0.0213. The van der Waals surface area contributed by atoms with Crippen molar-refractivity contribution in [3.05, 3.63) is 0 Å². The fourth-order valence-corrected chi connectivity index (χ4v) is 2.23. The number of hydrogen-bond donors (Lipinski definition) is 2. The Balaban J connectivity index is 2.51. The van der Waals surface area contributed by atoms with E-state index in [9.17, 15) is 9.59 Å². The van der Waals surface area contributed by atoms with Crippen LogP contribution in [0.5, 0.6) is 0 Å². The number of hydrogen-bond acceptors (Lipinski definition) is 3. The first-order valence-electron chi connectivity index (χ1n) is 6.97. The first kappa shape index (κ1) is 15.0. The van der Waals surface area contributed by atoms with Gasteiger partial charge in [-0.1, -0.05) is 12.8 Å². The van der Waals surface area contributed by atoms with E-state index in [0.29, 0.717) is 13.1 Å². The van der Waals surface area contributed by atoms with Crippen LogP contribution in [0.15, 0.2) is 0 Å². The highest BCUT2D eigenvalue weighted by Gasteiger charge is 2.25. The number of carbonyl (C=O) groups is 2. The molecule has 1 rings (SSSR count). The minimum absolute atomic E-state index is 0.0608. The number of rotatable bonds is 5. The van der Waals surface area contributed by atoms with E-state index in [1.165, 1.54) is 6.42 Å². The topological polar surface area (TPSA) is 61.4 Å². The van der Waals surface area contributed by atoms with Gasteiger partial charge in [-0.2, -0.15) is 0 Å². The van der Waals surface area contributed by atoms with Crippen LogP contribution in [0.2, 0.25) is 0 Å². The second kappa shape index (κ2) is 8.08. The molecule has 5 heteroatoms. The van der Waals surface area contributed by atoms with Crippen molar-refractivity contribution in [3.8, 4) is 0 Å². The Labute approximate surface area is 109 Å². The molecule has 0 bridgehead atoms. The minimum Gasteiger partial charge on any atom is -0.355 e. The van der Waals surface area contributed by atoms with E-state index in [2.05, 4.69) is 10.6 Å². The van der Waals surface area contributed by atoms with Crippen LogP contribution in [0.1, 0.15) is 39.5 Å². The van der Waals surface area contributed by atoms with E-state index in [1.807, 2.05) is 13.8 Å². The summed E-state index contributed by atoms with van der Waals surface area (Å²) in [5, 5.41) is 6.01. The lowest BCUT2D eigenvalue weighted by atomic mass is 10.1. The third kappa shape index (κ3) is 4.64. The van der Waals surface area contributed by atoms with Gasteiger partial charge in [-0.25, -0.2) is 0 Å². The smallest absolute Gasteiger partial charge is 0.240 e. The molecule has 1 unspecified atom stereocenters. The fraction of sp³-hybridized carbons (Fsp3) is 0.846. The van der Waals surface area contributed by atoms with E-state index >= 15 is 0 Å². The first-order valence-corrected chi connectivity index (χ1v) is 6.97. The monoisotopic (exact) mass is 255 g/mol. The molecule has 0 radical (unpaired) electrons. The molecule has 1 aliphatic rings. The summed E-state index contributed by atoms with van der Waals surface area (Å²) in [4.78, 5) is 25.5. The van der Waals surface area contributed by atoms with Crippen LogP contribution in [0.3, 0.4) is 0 Å². The van der Waals surface area contributed by atoms with Gasteiger partial charge in [0.2, 0.25) is 11.8 Å². The zero-order valence-electron chi connectivity index (χ0n) is 11.5. The van der Waals surface area contributed by atoms with Crippen molar-refractivity contribution in [2.45, 2.75) is 45.6 Å². The summed E-state index contributed by atoms with van der Waals surface area (Å²) in [5.41, 5.74) is 0. The molecule has 0 aliphatic carbocycles. The Morgan fingerprint density at radius 1 is 1.28 bits per heavy atom. The van der Waals surface area contributed by atoms with Gasteiger partial charge in [0.1, 0.15) is 0 Å². The van der Waals surface area contributed by atoms with Gasteiger partial charge in [0, 0.05) is 13.1 Å². The second-order valence-corrected chi connectivity index (χ2v) is 4.66. The van der Waals surface area contributed by atoms with Crippen molar-refractivity contribution in [2.75, 3.05) is 26.2 Å². The van der Waals surface area contributed by atoms with Crippen LogP contribution in [0, 0.1) is 0 Å². The zero-order chi connectivity index (χ0) is 13.4. The van der Waals surface area contributed by atoms with Gasteiger partial charge in [0.25, 0.3) is 0 Å². The van der Waals surface area contributed by atoms with Crippen molar-refractivity contribution < 1.29 is 9.59 Å². The fourth-order valence-electron chi connectivity index (χ4n) is 2.23. The lowest BCUT2D eigenvalue weighted by Crippen LogP contribution is -2.49. The van der Waals surface area contributed by atoms with E-state index in [1.54, 1.807) is 4.90 Å². The Morgan fingerprint density at radius 2 is 2.06 bits per heavy atom. The van der Waals surface area contributed by atoms with E-state index in [4.69, 9.17) is 0 Å². The summed E-state index contributed by atoms with van der Waals surface area (Å²) in [6, 6.07) is -0.109. The second-order valence-electron chi connectivity index (χ2n) is 4.66. The summed E-state index contributed by atoms with van der Waals surface area (Å²) in [6.07, 6.45) is 4.28. The predicted octanol–water partition coefficient (Wildman–Crippen LogP) is 0.503. The van der Waals surface area contributed by atoms with Gasteiger partial charge in [-0.15, -0.1) is 0 Å². The maximum atomic E-state index is 12.3. The highest BCUT2D eigenvalue weighted by molar-refractivity contribution is 5.87. The lowest BCUT2D eigenvalue weighted by Gasteiger charge is -2.25. The highest BCUT2D eigenvalue weighted by atomic mass is 16.2. The van der Waals surface area contributed by atoms with E-state index in [0.717, 1.165) is 25.8 Å². The average Bonchev–Trinajstić information content (AvgIpc) is 2.64. The molecule has 2 N–H and O–H groups in total. The van der Waals surface area contributed by atoms with Crippen LogP contribution in [0.25, 0.3) is 0 Å². The summed E-state index contributed by atoms with van der Waals surface area (Å²) in [6.45, 7) is 6.04. The third-order valence-electron chi connectivity index (χ3n) is 3.26. The van der Waals surface area contributed by atoms with Gasteiger partial charge >= 0.3 is 0 Å². The molecule has 0 aromatic heterocycles. The van der Waals surface area contributed by atoms with Crippen LogP contribution in [-0.4, -0.2) is 48.9 Å². The molecule has 5 nitrogen and oxygen atoms in total. The Kier molecular flexibility index (Phi) is 6.72. The number of carbonyl (C=O) groups excluding carboxylic acids is 2. The number of nitrogens with zero attached hydrogens (tertiary/aromatic N) is 1. The first-order chi connectivity index (χ1) is 8.69. The normalized spacial score (nSPS) is 20.0. The molecule has 0 aromatic rings. The molecule has 1 aliphatic heterocycles. The van der Waals surface area contributed by atoms with Crippen molar-refractivity contribution in [2.24, 2.45) is 0 Å². The third-order valence-corrected chi connectivity index (χ3v) is 3.26. The number of nitrogens with one attached hydrogen (secondary N) is 2. The van der Waals surface area contributed by atoms with Gasteiger partial charge in [-0.3, -0.25) is 9.59 Å². The molecule has 18 heavy (non-hydrogen) atoms. The maximum absolute atomic E-state index is 12.3. The molecule has 0 spiro atoms. The lowest BCUT2D eigenvalue weighted by molar-refractivity contribution is -0.137. The molecule has 104 valence electrons. The van der Waals surface area contributed by atoms with Gasteiger partial charge in [0.15, 0.2) is 0 Å². The summed E-state index contributed by atoms with van der Waals surface area (Å²) >= 11 is 0. The van der Waals surface area contributed by atoms with Gasteiger partial charge in [-0.05, 0) is 33.2 Å². The Bertz CT molecular complexity index is 273. The SMILES string of the molecule is CCNC(=O)CN(CC)C(=O)C1CCCCCN1. The zero-order valence-corrected chi connectivity index (χ0v) is 11.5. The minimum atomic E-state index is -0.109. The Hall–Kier alpha value is -1.10. The number of amides is 2. The van der Waals surface area contributed by atoms with Crippen molar-refractivity contribution in [3.63, 3.8) is 0 Å². The maximum Gasteiger partial charge on any atom is 0.240 e. The van der Waals surface area contributed by atoms with Crippen molar-refractivity contribution in [1.29, 1.82) is 0 Å². The summed E-state index contributed by atoms with van der Waals surface area (Å²) in [7, 11) is 0. The molecule has 1 heterocycles. The Morgan fingerprint density at radius 3 is 2.72 bits per heavy atom. The van der Waals surface area contributed by atoms with Crippen molar-refractivity contribution >= 4 is 11.8 Å². The average molecular weight is 255 g/mol. The number of likely N-dealkylation sites (N-methyl/N-ethyl adjacent to an activating group) is 2. The van der Waals surface area contributed by atoms with Crippen LogP contribution in [0.4, 0.5) is 0 Å². The molecule has 1 saturated heterocycles. The molecule has 0 saturated carbocycles. The van der Waals surface area contributed by atoms with Crippen LogP contribution in [-0.2, 0) is 9.59 Å². The molecule has 2 amide bonds. The standard InChI is InChI=1S/C13H25N3O2/c1-3-14-12(17)10-16(4-2)13(18)11-8-6-5-7-9-15-11/h11,15H,3-10H2,1-2H3,(H,14,17). The molecular formula is C13H25N3O2. The largest absolute Gasteiger partial charge is 0.355 e. The molecule has 0 aromatic carbocycles. The van der Waals surface area contributed by atoms with Crippen LogP contribution < -0.4 is 10.6 Å². The molecule has 1 atom stereocenters. The van der Waals surface area contributed by atoms with E-state index in [-0.39, 0.29) is 24.4 Å². The highest BCUT2D eigenvalue weighted by Crippen LogP contribution is 2.10. The molecule has 1 fully saturated rings. The molecular weight excluding hydrogens is 230 g/mol. The van der Waals surface area contributed by atoms with Gasteiger partial charge < -0.3 is 15.5 Å². The van der Waals surface area contributed by atoms with Crippen LogP contribution >= 0.6 is 0 Å². The van der Waals surface area contributed by atoms with E-state index < -0.39 is 0 Å². The van der Waals surface area contributed by atoms with Gasteiger partial charge in [0.05, 0.1) is 12.6 Å². The summed E-state index contributed by atoms with van der Waals surface area (Å²) < 4.78 is 0. The van der Waals surface area contributed by atoms with Crippen molar-refractivity contribution in [1.82, 2.24) is 15.5 Å². The quantitative estimate of drug-likeness (QED) is 0.752.